The molecule has 0 atom stereocenters. The van der Waals surface area contributed by atoms with Gasteiger partial charge in [-0.15, -0.1) is 35.3 Å². The fraction of sp³-hybridized carbons (Fsp3) is 0.647. The van der Waals surface area contributed by atoms with E-state index in [2.05, 4.69) is 15.0 Å². The Morgan fingerprint density at radius 3 is 2.59 bits per heavy atom. The highest BCUT2D eigenvalue weighted by Crippen LogP contribution is 2.24. The molecule has 29 heavy (non-hydrogen) atoms. The van der Waals surface area contributed by atoms with E-state index in [0.717, 1.165) is 22.6 Å². The first-order chi connectivity index (χ1) is 13.2. The maximum Gasteiger partial charge on any atom is 0.409 e. The van der Waals surface area contributed by atoms with Crippen molar-refractivity contribution < 1.29 is 17.9 Å². The van der Waals surface area contributed by atoms with Crippen LogP contribution in [0.2, 0.25) is 0 Å². The van der Waals surface area contributed by atoms with E-state index in [1.54, 1.807) is 24.8 Å². The molecule has 1 saturated heterocycles. The molecule has 4 N–H and O–H groups in total. The number of amides is 1. The average Bonchev–Trinajstić information content (AvgIpc) is 2.99. The Morgan fingerprint density at radius 1 is 1.38 bits per heavy atom. The molecule has 1 aliphatic rings. The number of nitrogens with two attached hydrogens (primary N) is 1. The number of likely N-dealkylation sites (tertiary alicyclic amines) is 1. The Balaban J connectivity index is 0.00000420. The van der Waals surface area contributed by atoms with Gasteiger partial charge in [0.2, 0.25) is 10.0 Å². The van der Waals surface area contributed by atoms with Gasteiger partial charge in [0.05, 0.1) is 18.0 Å². The lowest BCUT2D eigenvalue weighted by atomic mass is 10.1. The monoisotopic (exact) mass is 559 g/mol. The summed E-state index contributed by atoms with van der Waals surface area (Å²) in [5.74, 6) is 0.274. The van der Waals surface area contributed by atoms with Gasteiger partial charge in [0, 0.05) is 35.4 Å². The summed E-state index contributed by atoms with van der Waals surface area (Å²) in [5, 5.41) is 3.13. The molecule has 0 saturated carbocycles. The lowest BCUT2D eigenvalue weighted by molar-refractivity contribution is 0.0963. The van der Waals surface area contributed by atoms with Gasteiger partial charge in [-0.1, -0.05) is 0 Å². The van der Waals surface area contributed by atoms with Crippen molar-refractivity contribution in [3.8, 4) is 0 Å². The number of aryl methyl sites for hydroxylation is 2. The molecule has 1 aromatic heterocycles. The van der Waals surface area contributed by atoms with E-state index in [1.165, 1.54) is 11.3 Å². The van der Waals surface area contributed by atoms with Gasteiger partial charge < -0.3 is 20.7 Å². The van der Waals surface area contributed by atoms with Crippen LogP contribution >= 0.6 is 35.3 Å². The third-order valence-corrected chi connectivity index (χ3v) is 7.03. The predicted molar refractivity (Wildman–Crippen MR) is 126 cm³/mol. The molecule has 1 aromatic rings. The van der Waals surface area contributed by atoms with Crippen LogP contribution in [0.4, 0.5) is 4.79 Å². The molecule has 9 nitrogen and oxygen atoms in total. The molecule has 2 rings (SSSR count). The Bertz CT molecular complexity index is 805. The molecular formula is C17H30IN5O4S2. The van der Waals surface area contributed by atoms with Crippen LogP contribution in [-0.4, -0.2) is 64.2 Å². The fourth-order valence-corrected chi connectivity index (χ4v) is 5.56. The average molecular weight is 559 g/mol. The zero-order chi connectivity index (χ0) is 20.7. The van der Waals surface area contributed by atoms with Gasteiger partial charge in [-0.3, -0.25) is 4.99 Å². The van der Waals surface area contributed by atoms with Gasteiger partial charge in [0.15, 0.2) is 5.96 Å². The zero-order valence-electron chi connectivity index (χ0n) is 16.9. The largest absolute Gasteiger partial charge is 0.450 e. The Kier molecular flexibility index (Phi) is 10.6. The molecule has 1 aliphatic heterocycles. The summed E-state index contributed by atoms with van der Waals surface area (Å²) in [4.78, 5) is 19.6. The van der Waals surface area contributed by atoms with Crippen LogP contribution in [0.25, 0.3) is 0 Å². The number of nitrogens with zero attached hydrogens (tertiary/aromatic N) is 2. The quantitative estimate of drug-likeness (QED) is 0.203. The van der Waals surface area contributed by atoms with E-state index in [-0.39, 0.29) is 55.2 Å². The summed E-state index contributed by atoms with van der Waals surface area (Å²) in [6.07, 6.45) is 1.21. The van der Waals surface area contributed by atoms with Gasteiger partial charge in [-0.05, 0) is 39.7 Å². The molecule has 1 fully saturated rings. The van der Waals surface area contributed by atoms with E-state index in [0.29, 0.717) is 24.6 Å². The second-order valence-corrected chi connectivity index (χ2v) is 9.74. The first kappa shape index (κ1) is 25.9. The summed E-state index contributed by atoms with van der Waals surface area (Å²) < 4.78 is 32.2. The molecule has 0 radical (unpaired) electrons. The number of nitrogens with one attached hydrogen (secondary N) is 2. The third-order valence-electron chi connectivity index (χ3n) is 4.34. The van der Waals surface area contributed by atoms with Crippen molar-refractivity contribution in [3.63, 3.8) is 0 Å². The molecular weight excluding hydrogens is 529 g/mol. The minimum Gasteiger partial charge on any atom is -0.450 e. The summed E-state index contributed by atoms with van der Waals surface area (Å²) in [6.45, 7) is 7.43. The normalized spacial score (nSPS) is 15.7. The van der Waals surface area contributed by atoms with Crippen LogP contribution in [0.3, 0.4) is 0 Å². The topological polar surface area (TPSA) is 126 Å². The lowest BCUT2D eigenvalue weighted by Gasteiger charge is -2.31. The molecule has 0 spiro atoms. The first-order valence-electron chi connectivity index (χ1n) is 9.27. The molecule has 0 bridgehead atoms. The van der Waals surface area contributed by atoms with Crippen LogP contribution < -0.4 is 15.8 Å². The maximum atomic E-state index is 12.3. The number of rotatable bonds is 7. The van der Waals surface area contributed by atoms with Gasteiger partial charge in [0.1, 0.15) is 0 Å². The number of piperidine rings is 1. The number of sulfonamides is 1. The van der Waals surface area contributed by atoms with Crippen molar-refractivity contribution in [1.82, 2.24) is 14.9 Å². The van der Waals surface area contributed by atoms with Crippen molar-refractivity contribution in [2.45, 2.75) is 44.6 Å². The van der Waals surface area contributed by atoms with Crippen LogP contribution in [-0.2, 0) is 14.8 Å². The van der Waals surface area contributed by atoms with Gasteiger partial charge in [0.25, 0.3) is 0 Å². The van der Waals surface area contributed by atoms with E-state index < -0.39 is 10.0 Å². The number of thiophene rings is 1. The maximum absolute atomic E-state index is 12.3. The van der Waals surface area contributed by atoms with E-state index in [4.69, 9.17) is 10.5 Å². The number of carbonyl (C=O) groups is 1. The van der Waals surface area contributed by atoms with Crippen molar-refractivity contribution in [2.24, 2.45) is 10.7 Å². The Labute approximate surface area is 193 Å². The molecule has 0 aliphatic carbocycles. The van der Waals surface area contributed by atoms with Gasteiger partial charge in [-0.25, -0.2) is 17.9 Å². The zero-order valence-corrected chi connectivity index (χ0v) is 20.9. The highest BCUT2D eigenvalue weighted by Gasteiger charge is 2.23. The second-order valence-electron chi connectivity index (χ2n) is 6.55. The highest BCUT2D eigenvalue weighted by molar-refractivity contribution is 14.0. The molecule has 0 unspecified atom stereocenters. The third kappa shape index (κ3) is 7.90. The number of ether oxygens (including phenoxy) is 1. The Morgan fingerprint density at radius 2 is 2.03 bits per heavy atom. The first-order valence-corrected chi connectivity index (χ1v) is 11.6. The van der Waals surface area contributed by atoms with E-state index in [9.17, 15) is 13.2 Å². The van der Waals surface area contributed by atoms with Crippen LogP contribution in [0.5, 0.6) is 0 Å². The summed E-state index contributed by atoms with van der Waals surface area (Å²) in [5.41, 5.74) is 5.89. The van der Waals surface area contributed by atoms with Crippen LogP contribution in [0, 0.1) is 13.8 Å². The standard InChI is InChI=1S/C17H29N5O4S2.HI/c1-4-26-17(23)22-9-5-14(6-10-22)21-16(18)19-7-8-20-28(24,25)15-11-12(2)27-13(15)3;/h11,14,20H,4-10H2,1-3H3,(H3,18,19,21);1H. The van der Waals surface area contributed by atoms with Crippen molar-refractivity contribution in [3.05, 3.63) is 15.8 Å². The number of carbonyl (C=O) groups excluding carboxylic acids is 1. The number of guanidine groups is 1. The van der Waals surface area contributed by atoms with Gasteiger partial charge >= 0.3 is 6.09 Å². The molecule has 166 valence electrons. The molecule has 0 aromatic carbocycles. The second kappa shape index (κ2) is 11.9. The SMILES string of the molecule is CCOC(=O)N1CCC(NC(N)=NCCNS(=O)(=O)c2cc(C)sc2C)CC1.I. The van der Waals surface area contributed by atoms with Crippen LogP contribution in [0.15, 0.2) is 16.0 Å². The number of hydrogen-bond donors (Lipinski definition) is 3. The van der Waals surface area contributed by atoms with Crippen LogP contribution in [0.1, 0.15) is 29.5 Å². The summed E-state index contributed by atoms with van der Waals surface area (Å²) in [6, 6.07) is 1.80. The van der Waals surface area contributed by atoms with E-state index >= 15 is 0 Å². The number of hydrogen-bond acceptors (Lipinski definition) is 6. The minimum absolute atomic E-state index is 0. The van der Waals surface area contributed by atoms with Gasteiger partial charge in [-0.2, -0.15) is 0 Å². The number of aliphatic imine (C=N–C) groups is 1. The van der Waals surface area contributed by atoms with E-state index in [1.807, 2.05) is 6.92 Å². The molecule has 2 heterocycles. The highest BCUT2D eigenvalue weighted by atomic mass is 127. The smallest absolute Gasteiger partial charge is 0.409 e. The van der Waals surface area contributed by atoms with Crippen molar-refractivity contribution in [1.29, 1.82) is 0 Å². The minimum atomic E-state index is -3.53. The van der Waals surface area contributed by atoms with Crippen molar-refractivity contribution >= 4 is 57.4 Å². The number of halogens is 1. The molecule has 1 amide bonds. The molecule has 12 heteroatoms. The lowest BCUT2D eigenvalue weighted by Crippen LogP contribution is -2.48. The fourth-order valence-electron chi connectivity index (χ4n) is 2.98. The Hall–Kier alpha value is -1.12. The predicted octanol–water partition coefficient (Wildman–Crippen LogP) is 1.79. The summed E-state index contributed by atoms with van der Waals surface area (Å²) >= 11 is 1.46. The summed E-state index contributed by atoms with van der Waals surface area (Å²) in [7, 11) is -3.53. The van der Waals surface area contributed by atoms with Crippen molar-refractivity contribution in [2.75, 3.05) is 32.8 Å².